The van der Waals surface area contributed by atoms with Crippen molar-refractivity contribution in [3.05, 3.63) is 82.6 Å². The minimum atomic E-state index is -0.504. The number of halogens is 2. The highest BCUT2D eigenvalue weighted by molar-refractivity contribution is 6.37. The van der Waals surface area contributed by atoms with Gasteiger partial charge in [0.2, 0.25) is 5.91 Å². The van der Waals surface area contributed by atoms with Crippen molar-refractivity contribution in [3.63, 3.8) is 0 Å². The second kappa shape index (κ2) is 5.90. The van der Waals surface area contributed by atoms with Crippen molar-refractivity contribution in [1.29, 1.82) is 0 Å². The van der Waals surface area contributed by atoms with Crippen molar-refractivity contribution in [2.24, 2.45) is 5.73 Å². The standard InChI is InChI=1S/C20H14ClFN2O/c21-15-8-3-6-13-18-14(20(23)25)7-4-10-17(18)24(19(13)15)11-12-5-1-2-9-16(12)22/h1-10H,11H2,(H2,23,25). The van der Waals surface area contributed by atoms with Crippen LogP contribution in [-0.4, -0.2) is 10.5 Å². The number of carbonyl (C=O) groups excluding carboxylic acids is 1. The second-order valence-electron chi connectivity index (χ2n) is 5.88. The predicted molar refractivity (Wildman–Crippen MR) is 98.5 cm³/mol. The van der Waals surface area contributed by atoms with E-state index in [4.69, 9.17) is 17.3 Å². The van der Waals surface area contributed by atoms with E-state index in [0.717, 1.165) is 21.8 Å². The number of amides is 1. The Morgan fingerprint density at radius 1 is 1.04 bits per heavy atom. The van der Waals surface area contributed by atoms with Crippen molar-refractivity contribution >= 4 is 39.3 Å². The lowest BCUT2D eigenvalue weighted by Crippen LogP contribution is -2.11. The third-order valence-electron chi connectivity index (χ3n) is 4.41. The van der Waals surface area contributed by atoms with E-state index in [0.29, 0.717) is 22.7 Å². The number of aromatic nitrogens is 1. The molecule has 4 rings (SSSR count). The Balaban J connectivity index is 2.10. The average Bonchev–Trinajstić information content (AvgIpc) is 2.92. The number of hydrogen-bond donors (Lipinski definition) is 1. The Hall–Kier alpha value is -2.85. The summed E-state index contributed by atoms with van der Waals surface area (Å²) in [5.41, 5.74) is 8.08. The summed E-state index contributed by atoms with van der Waals surface area (Å²) in [5, 5.41) is 2.11. The lowest BCUT2D eigenvalue weighted by atomic mass is 10.1. The quantitative estimate of drug-likeness (QED) is 0.569. The topological polar surface area (TPSA) is 48.0 Å². The van der Waals surface area contributed by atoms with Crippen LogP contribution in [0.15, 0.2) is 60.7 Å². The fourth-order valence-electron chi connectivity index (χ4n) is 3.33. The summed E-state index contributed by atoms with van der Waals surface area (Å²) in [7, 11) is 0. The van der Waals surface area contributed by atoms with Crippen molar-refractivity contribution in [3.8, 4) is 0 Å². The Kier molecular flexibility index (Phi) is 3.70. The number of fused-ring (bicyclic) bond motifs is 3. The third-order valence-corrected chi connectivity index (χ3v) is 4.72. The molecule has 3 aromatic carbocycles. The molecule has 0 unspecified atom stereocenters. The molecule has 0 bridgehead atoms. The summed E-state index contributed by atoms with van der Waals surface area (Å²) in [5.74, 6) is -0.786. The number of nitrogens with two attached hydrogens (primary N) is 1. The first kappa shape index (κ1) is 15.7. The van der Waals surface area contributed by atoms with Gasteiger partial charge in [0.1, 0.15) is 5.82 Å². The zero-order valence-corrected chi connectivity index (χ0v) is 13.9. The maximum absolute atomic E-state index is 14.2. The molecule has 4 aromatic rings. The molecule has 1 heterocycles. The van der Waals surface area contributed by atoms with Crippen molar-refractivity contribution < 1.29 is 9.18 Å². The van der Waals surface area contributed by atoms with E-state index in [1.807, 2.05) is 22.8 Å². The molecule has 124 valence electrons. The van der Waals surface area contributed by atoms with Gasteiger partial charge in [0.15, 0.2) is 0 Å². The first-order valence-electron chi connectivity index (χ1n) is 7.80. The van der Waals surface area contributed by atoms with Gasteiger partial charge in [0.05, 0.1) is 22.6 Å². The second-order valence-corrected chi connectivity index (χ2v) is 6.28. The van der Waals surface area contributed by atoms with E-state index in [2.05, 4.69) is 0 Å². The van der Waals surface area contributed by atoms with E-state index in [-0.39, 0.29) is 5.82 Å². The molecule has 0 fully saturated rings. The fourth-order valence-corrected chi connectivity index (χ4v) is 3.60. The van der Waals surface area contributed by atoms with Crippen LogP contribution in [-0.2, 0) is 6.54 Å². The number of benzene rings is 3. The van der Waals surface area contributed by atoms with Crippen LogP contribution in [0.3, 0.4) is 0 Å². The van der Waals surface area contributed by atoms with Crippen molar-refractivity contribution in [2.75, 3.05) is 0 Å². The average molecular weight is 353 g/mol. The van der Waals surface area contributed by atoms with Crippen LogP contribution in [0.4, 0.5) is 4.39 Å². The molecule has 0 atom stereocenters. The molecule has 5 heteroatoms. The molecular formula is C20H14ClFN2O. The van der Waals surface area contributed by atoms with Gasteiger partial charge in [-0.25, -0.2) is 4.39 Å². The number of nitrogens with zero attached hydrogens (tertiary/aromatic N) is 1. The first-order chi connectivity index (χ1) is 12.1. The molecule has 1 amide bonds. The molecule has 0 aliphatic rings. The summed E-state index contributed by atoms with van der Waals surface area (Å²) in [6, 6.07) is 17.5. The molecule has 25 heavy (non-hydrogen) atoms. The van der Waals surface area contributed by atoms with Gasteiger partial charge in [0.25, 0.3) is 0 Å². The molecule has 0 aliphatic carbocycles. The van der Waals surface area contributed by atoms with Crippen LogP contribution in [0, 0.1) is 5.82 Å². The molecular weight excluding hydrogens is 339 g/mol. The van der Waals surface area contributed by atoms with E-state index >= 15 is 0 Å². The normalized spacial score (nSPS) is 11.3. The number of rotatable bonds is 3. The molecule has 0 saturated carbocycles. The lowest BCUT2D eigenvalue weighted by Gasteiger charge is -2.09. The summed E-state index contributed by atoms with van der Waals surface area (Å²) < 4.78 is 16.1. The third kappa shape index (κ3) is 2.46. The van der Waals surface area contributed by atoms with E-state index < -0.39 is 5.91 Å². The molecule has 0 saturated heterocycles. The van der Waals surface area contributed by atoms with Crippen LogP contribution in [0.5, 0.6) is 0 Å². The highest BCUT2D eigenvalue weighted by Crippen LogP contribution is 2.36. The van der Waals surface area contributed by atoms with E-state index in [1.54, 1.807) is 36.4 Å². The van der Waals surface area contributed by atoms with Crippen molar-refractivity contribution in [1.82, 2.24) is 4.57 Å². The number of para-hydroxylation sites is 1. The monoisotopic (exact) mass is 352 g/mol. The molecule has 3 nitrogen and oxygen atoms in total. The van der Waals surface area contributed by atoms with Gasteiger partial charge in [-0.15, -0.1) is 0 Å². The smallest absolute Gasteiger partial charge is 0.249 e. The van der Waals surface area contributed by atoms with E-state index in [9.17, 15) is 9.18 Å². The Morgan fingerprint density at radius 2 is 1.80 bits per heavy atom. The number of carbonyl (C=O) groups is 1. The summed E-state index contributed by atoms with van der Waals surface area (Å²) >= 11 is 6.44. The van der Waals surface area contributed by atoms with Gasteiger partial charge in [-0.05, 0) is 24.3 Å². The van der Waals surface area contributed by atoms with Crippen molar-refractivity contribution in [2.45, 2.75) is 6.54 Å². The minimum Gasteiger partial charge on any atom is -0.366 e. The molecule has 0 aliphatic heterocycles. The molecule has 2 N–H and O–H groups in total. The Bertz CT molecular complexity index is 1130. The summed E-state index contributed by atoms with van der Waals surface area (Å²) in [6.45, 7) is 0.304. The van der Waals surface area contributed by atoms with Gasteiger partial charge in [-0.3, -0.25) is 4.79 Å². The minimum absolute atomic E-state index is 0.282. The van der Waals surface area contributed by atoms with Gasteiger partial charge >= 0.3 is 0 Å². The largest absolute Gasteiger partial charge is 0.366 e. The summed E-state index contributed by atoms with van der Waals surface area (Å²) in [4.78, 5) is 11.9. The van der Waals surface area contributed by atoms with Gasteiger partial charge in [-0.2, -0.15) is 0 Å². The maximum atomic E-state index is 14.2. The zero-order chi connectivity index (χ0) is 17.6. The highest BCUT2D eigenvalue weighted by Gasteiger charge is 2.18. The van der Waals surface area contributed by atoms with Crippen LogP contribution in [0.2, 0.25) is 5.02 Å². The number of hydrogen-bond acceptors (Lipinski definition) is 1. The molecule has 0 radical (unpaired) electrons. The maximum Gasteiger partial charge on any atom is 0.249 e. The first-order valence-corrected chi connectivity index (χ1v) is 8.18. The van der Waals surface area contributed by atoms with E-state index in [1.165, 1.54) is 6.07 Å². The summed E-state index contributed by atoms with van der Waals surface area (Å²) in [6.07, 6.45) is 0. The van der Waals surface area contributed by atoms with Crippen LogP contribution < -0.4 is 5.73 Å². The van der Waals surface area contributed by atoms with Gasteiger partial charge in [-0.1, -0.05) is 48.0 Å². The fraction of sp³-hybridized carbons (Fsp3) is 0.0500. The zero-order valence-electron chi connectivity index (χ0n) is 13.2. The van der Waals surface area contributed by atoms with Crippen LogP contribution in [0.1, 0.15) is 15.9 Å². The SMILES string of the molecule is NC(=O)c1cccc2c1c1cccc(Cl)c1n2Cc1ccccc1F. The van der Waals surface area contributed by atoms with Gasteiger partial charge < -0.3 is 10.3 Å². The molecule has 1 aromatic heterocycles. The number of primary amides is 1. The Morgan fingerprint density at radius 3 is 2.56 bits per heavy atom. The predicted octanol–water partition coefficient (Wildman–Crippen LogP) is 4.73. The highest BCUT2D eigenvalue weighted by atomic mass is 35.5. The van der Waals surface area contributed by atoms with Crippen LogP contribution in [0.25, 0.3) is 21.8 Å². The Labute approximate surface area is 148 Å². The lowest BCUT2D eigenvalue weighted by molar-refractivity contribution is 0.100. The van der Waals surface area contributed by atoms with Crippen LogP contribution >= 0.6 is 11.6 Å². The molecule has 0 spiro atoms. The van der Waals surface area contributed by atoms with Gasteiger partial charge in [0, 0.05) is 21.9 Å².